The number of benzene rings is 2. The highest BCUT2D eigenvalue weighted by atomic mass is 32.2. The van der Waals surface area contributed by atoms with Crippen LogP contribution in [0.1, 0.15) is 23.2 Å². The van der Waals surface area contributed by atoms with E-state index < -0.39 is 27.6 Å². The third-order valence-corrected chi connectivity index (χ3v) is 5.02. The van der Waals surface area contributed by atoms with Crippen LogP contribution >= 0.6 is 0 Å². The molecule has 1 amide bonds. The molecule has 0 aromatic heterocycles. The van der Waals surface area contributed by atoms with Crippen molar-refractivity contribution < 1.29 is 22.0 Å². The summed E-state index contributed by atoms with van der Waals surface area (Å²) in [4.78, 5) is 12.1. The number of carbonyl (C=O) groups excluding carboxylic acids is 1. The van der Waals surface area contributed by atoms with Gasteiger partial charge in [0.2, 0.25) is 10.0 Å². The first-order valence-corrected chi connectivity index (χ1v) is 9.46. The van der Waals surface area contributed by atoms with Gasteiger partial charge in [0.05, 0.1) is 11.9 Å². The normalized spacial score (nSPS) is 14.2. The average Bonchev–Trinajstić information content (AvgIpc) is 3.35. The number of rotatable bonds is 5. The van der Waals surface area contributed by atoms with Crippen molar-refractivity contribution >= 4 is 27.3 Å². The van der Waals surface area contributed by atoms with Crippen molar-refractivity contribution in [3.05, 3.63) is 59.7 Å². The Labute approximate surface area is 144 Å². The number of sulfonamides is 1. The molecule has 1 aliphatic carbocycles. The Bertz CT molecular complexity index is 910. The van der Waals surface area contributed by atoms with Crippen molar-refractivity contribution in [1.82, 2.24) is 0 Å². The second-order valence-electron chi connectivity index (χ2n) is 5.92. The SMILES string of the molecule is CS(=O)(=O)N(c1ccc(NC(=O)c2ccc(F)c(F)c2)cc1)C1CC1. The van der Waals surface area contributed by atoms with E-state index in [9.17, 15) is 22.0 Å². The number of halogens is 2. The van der Waals surface area contributed by atoms with Crippen LogP contribution in [0.5, 0.6) is 0 Å². The summed E-state index contributed by atoms with van der Waals surface area (Å²) in [6.07, 6.45) is 2.80. The molecule has 0 radical (unpaired) electrons. The first kappa shape index (κ1) is 17.3. The van der Waals surface area contributed by atoms with Gasteiger partial charge in [0.25, 0.3) is 5.91 Å². The standard InChI is InChI=1S/C17H16F2N2O3S/c1-25(23,24)21(14-7-8-14)13-5-3-12(4-6-13)20-17(22)11-2-9-15(18)16(19)10-11/h2-6,9-10,14H,7-8H2,1H3,(H,20,22). The first-order valence-electron chi connectivity index (χ1n) is 7.61. The summed E-state index contributed by atoms with van der Waals surface area (Å²) < 4.78 is 51.3. The number of hydrogen-bond donors (Lipinski definition) is 1. The highest BCUT2D eigenvalue weighted by Gasteiger charge is 2.35. The van der Waals surface area contributed by atoms with Crippen molar-refractivity contribution in [2.75, 3.05) is 15.9 Å². The lowest BCUT2D eigenvalue weighted by Gasteiger charge is -2.22. The van der Waals surface area contributed by atoms with Crippen LogP contribution in [0, 0.1) is 11.6 Å². The van der Waals surface area contributed by atoms with Crippen LogP contribution in [-0.2, 0) is 10.0 Å². The van der Waals surface area contributed by atoms with Crippen molar-refractivity contribution in [3.8, 4) is 0 Å². The molecule has 2 aromatic rings. The Balaban J connectivity index is 1.76. The van der Waals surface area contributed by atoms with Crippen molar-refractivity contribution in [2.45, 2.75) is 18.9 Å². The van der Waals surface area contributed by atoms with Gasteiger partial charge in [0.1, 0.15) is 0 Å². The minimum atomic E-state index is -3.37. The second kappa shape index (κ2) is 6.44. The summed E-state index contributed by atoms with van der Waals surface area (Å²) in [6.45, 7) is 0. The number of amides is 1. The maximum atomic E-state index is 13.2. The molecule has 3 rings (SSSR count). The van der Waals surface area contributed by atoms with Crippen molar-refractivity contribution in [1.29, 1.82) is 0 Å². The summed E-state index contributed by atoms with van der Waals surface area (Å²) >= 11 is 0. The van der Waals surface area contributed by atoms with Gasteiger partial charge in [0, 0.05) is 17.3 Å². The third-order valence-electron chi connectivity index (χ3n) is 3.80. The van der Waals surface area contributed by atoms with Gasteiger partial charge in [-0.1, -0.05) is 0 Å². The molecule has 0 bridgehead atoms. The highest BCUT2D eigenvalue weighted by molar-refractivity contribution is 7.92. The van der Waals surface area contributed by atoms with Crippen LogP contribution in [0.3, 0.4) is 0 Å². The van der Waals surface area contributed by atoms with E-state index in [0.29, 0.717) is 11.4 Å². The van der Waals surface area contributed by atoms with Gasteiger partial charge in [0.15, 0.2) is 11.6 Å². The van der Waals surface area contributed by atoms with Crippen LogP contribution in [-0.4, -0.2) is 26.6 Å². The van der Waals surface area contributed by atoms with E-state index in [1.165, 1.54) is 10.4 Å². The van der Waals surface area contributed by atoms with Gasteiger partial charge >= 0.3 is 0 Å². The number of anilines is 2. The maximum Gasteiger partial charge on any atom is 0.255 e. The zero-order valence-corrected chi connectivity index (χ0v) is 14.2. The fraction of sp³-hybridized carbons (Fsp3) is 0.235. The summed E-state index contributed by atoms with van der Waals surface area (Å²) in [7, 11) is -3.37. The van der Waals surface area contributed by atoms with E-state index in [1.807, 2.05) is 0 Å². The molecule has 5 nitrogen and oxygen atoms in total. The zero-order chi connectivity index (χ0) is 18.2. The van der Waals surface area contributed by atoms with Crippen LogP contribution < -0.4 is 9.62 Å². The molecule has 25 heavy (non-hydrogen) atoms. The van der Waals surface area contributed by atoms with Crippen molar-refractivity contribution in [2.24, 2.45) is 0 Å². The fourth-order valence-corrected chi connectivity index (χ4v) is 3.77. The molecule has 0 spiro atoms. The lowest BCUT2D eigenvalue weighted by molar-refractivity contribution is 0.102. The summed E-state index contributed by atoms with van der Waals surface area (Å²) in [6, 6.07) is 9.19. The Morgan fingerprint density at radius 1 is 1.08 bits per heavy atom. The molecule has 1 aliphatic rings. The van der Waals surface area contributed by atoms with Gasteiger partial charge in [-0.25, -0.2) is 17.2 Å². The summed E-state index contributed by atoms with van der Waals surface area (Å²) in [5.41, 5.74) is 0.928. The van der Waals surface area contributed by atoms with Gasteiger partial charge in [-0.2, -0.15) is 0 Å². The molecular weight excluding hydrogens is 350 g/mol. The fourth-order valence-electron chi connectivity index (χ4n) is 2.51. The van der Waals surface area contributed by atoms with Gasteiger partial charge < -0.3 is 5.32 Å². The summed E-state index contributed by atoms with van der Waals surface area (Å²) in [5.74, 6) is -2.72. The van der Waals surface area contributed by atoms with E-state index >= 15 is 0 Å². The predicted molar refractivity (Wildman–Crippen MR) is 91.1 cm³/mol. The van der Waals surface area contributed by atoms with Crippen LogP contribution in [0.25, 0.3) is 0 Å². The molecule has 1 saturated carbocycles. The maximum absolute atomic E-state index is 13.2. The quantitative estimate of drug-likeness (QED) is 0.884. The van der Waals surface area contributed by atoms with Gasteiger partial charge in [-0.05, 0) is 55.3 Å². The lowest BCUT2D eigenvalue weighted by Crippen LogP contribution is -2.31. The lowest BCUT2D eigenvalue weighted by atomic mass is 10.2. The van der Waals surface area contributed by atoms with E-state index in [2.05, 4.69) is 5.32 Å². The Hall–Kier alpha value is -2.48. The molecule has 8 heteroatoms. The van der Waals surface area contributed by atoms with Crippen molar-refractivity contribution in [3.63, 3.8) is 0 Å². The third kappa shape index (κ3) is 3.96. The monoisotopic (exact) mass is 366 g/mol. The molecule has 0 atom stereocenters. The molecule has 1 fully saturated rings. The Kier molecular flexibility index (Phi) is 4.47. The Morgan fingerprint density at radius 3 is 2.24 bits per heavy atom. The van der Waals surface area contributed by atoms with E-state index in [1.54, 1.807) is 24.3 Å². The van der Waals surface area contributed by atoms with Gasteiger partial charge in [-0.15, -0.1) is 0 Å². The molecule has 1 N–H and O–H groups in total. The minimum Gasteiger partial charge on any atom is -0.322 e. The minimum absolute atomic E-state index is 0.0151. The zero-order valence-electron chi connectivity index (χ0n) is 13.4. The second-order valence-corrected chi connectivity index (χ2v) is 7.78. The first-order chi connectivity index (χ1) is 11.8. The average molecular weight is 366 g/mol. The number of nitrogens with zero attached hydrogens (tertiary/aromatic N) is 1. The Morgan fingerprint density at radius 2 is 1.72 bits per heavy atom. The molecule has 132 valence electrons. The molecule has 0 saturated heterocycles. The number of hydrogen-bond acceptors (Lipinski definition) is 3. The summed E-state index contributed by atoms with van der Waals surface area (Å²) in [5, 5.41) is 2.56. The predicted octanol–water partition coefficient (Wildman–Crippen LogP) is 3.15. The van der Waals surface area contributed by atoms with Crippen LogP contribution in [0.15, 0.2) is 42.5 Å². The molecule has 0 aliphatic heterocycles. The van der Waals surface area contributed by atoms with Gasteiger partial charge in [-0.3, -0.25) is 9.10 Å². The molecule has 0 heterocycles. The van der Waals surface area contributed by atoms with E-state index in [4.69, 9.17) is 0 Å². The topological polar surface area (TPSA) is 66.5 Å². The molecule has 0 unspecified atom stereocenters. The smallest absolute Gasteiger partial charge is 0.255 e. The number of carbonyl (C=O) groups is 1. The van der Waals surface area contributed by atoms with E-state index in [-0.39, 0.29) is 11.6 Å². The van der Waals surface area contributed by atoms with E-state index in [0.717, 1.165) is 31.2 Å². The molecular formula is C17H16F2N2O3S. The number of nitrogens with one attached hydrogen (secondary N) is 1. The van der Waals surface area contributed by atoms with Crippen LogP contribution in [0.4, 0.5) is 20.2 Å². The van der Waals surface area contributed by atoms with Crippen LogP contribution in [0.2, 0.25) is 0 Å². The molecule has 2 aromatic carbocycles. The largest absolute Gasteiger partial charge is 0.322 e. The highest BCUT2D eigenvalue weighted by Crippen LogP contribution is 2.34.